The van der Waals surface area contributed by atoms with Gasteiger partial charge < -0.3 is 9.05 Å². The molecule has 0 aliphatic carbocycles. The van der Waals surface area contributed by atoms with E-state index in [1.807, 2.05) is 30.9 Å². The molecule has 0 radical (unpaired) electrons. The molecule has 0 rings (SSSR count). The Kier molecular flexibility index (Phi) is 8.42. The molecule has 0 aromatic heterocycles. The summed E-state index contributed by atoms with van der Waals surface area (Å²) >= 11 is 0. The second kappa shape index (κ2) is 8.87. The Morgan fingerprint density at radius 3 is 1.79 bits per heavy atom. The van der Waals surface area contributed by atoms with Gasteiger partial charge >= 0.3 is 0 Å². The highest BCUT2D eigenvalue weighted by atomic mass is 31.2. The van der Waals surface area contributed by atoms with Gasteiger partial charge in [0.1, 0.15) is 0 Å². The number of nitriles is 2. The van der Waals surface area contributed by atoms with E-state index in [4.69, 9.17) is 19.6 Å². The van der Waals surface area contributed by atoms with Crippen molar-refractivity contribution in [1.82, 2.24) is 4.67 Å². The minimum absolute atomic E-state index is 0.355. The average Bonchev–Trinajstić information content (AvgIpc) is 2.15. The van der Waals surface area contributed by atoms with Crippen molar-refractivity contribution in [2.45, 2.75) is 12.8 Å². The lowest BCUT2D eigenvalue weighted by atomic mass is 10.5. The van der Waals surface area contributed by atoms with Crippen LogP contribution >= 0.6 is 8.53 Å². The second-order valence-electron chi connectivity index (χ2n) is 2.57. The molecule has 0 aliphatic heterocycles. The summed E-state index contributed by atoms with van der Waals surface area (Å²) in [7, 11) is 2.56. The van der Waals surface area contributed by atoms with E-state index in [0.29, 0.717) is 26.1 Å². The largest absolute Gasteiger partial charge is 0.321 e. The zero-order valence-electron chi connectivity index (χ0n) is 8.43. The van der Waals surface area contributed by atoms with E-state index < -0.39 is 8.53 Å². The van der Waals surface area contributed by atoms with Crippen molar-refractivity contribution < 1.29 is 9.05 Å². The summed E-state index contributed by atoms with van der Waals surface area (Å²) in [6, 6.07) is 3.98. The molecule has 0 aliphatic rings. The van der Waals surface area contributed by atoms with E-state index in [1.165, 1.54) is 0 Å². The van der Waals surface area contributed by atoms with Gasteiger partial charge in [-0.05, 0) is 14.1 Å². The summed E-state index contributed by atoms with van der Waals surface area (Å²) in [4.78, 5) is 0. The molecular weight excluding hydrogens is 201 g/mol. The Labute approximate surface area is 85.8 Å². The molecule has 0 amide bonds. The number of hydrogen-bond donors (Lipinski definition) is 0. The maximum atomic E-state index is 8.31. The van der Waals surface area contributed by atoms with Gasteiger partial charge in [-0.2, -0.15) is 10.5 Å². The van der Waals surface area contributed by atoms with E-state index in [9.17, 15) is 0 Å². The molecule has 0 bridgehead atoms. The van der Waals surface area contributed by atoms with E-state index in [-0.39, 0.29) is 0 Å². The first-order valence-electron chi connectivity index (χ1n) is 4.19. The fourth-order valence-electron chi connectivity index (χ4n) is 0.607. The van der Waals surface area contributed by atoms with Gasteiger partial charge in [-0.15, -0.1) is 0 Å². The summed E-state index contributed by atoms with van der Waals surface area (Å²) in [5.41, 5.74) is 0. The molecule has 6 heteroatoms. The minimum Gasteiger partial charge on any atom is -0.321 e. The monoisotopic (exact) mass is 215 g/mol. The van der Waals surface area contributed by atoms with Crippen LogP contribution in [0.25, 0.3) is 0 Å². The van der Waals surface area contributed by atoms with Gasteiger partial charge in [0, 0.05) is 0 Å². The zero-order valence-corrected chi connectivity index (χ0v) is 9.33. The third-order valence-corrected chi connectivity index (χ3v) is 2.62. The lowest BCUT2D eigenvalue weighted by Crippen LogP contribution is -2.10. The Morgan fingerprint density at radius 1 is 1.07 bits per heavy atom. The lowest BCUT2D eigenvalue weighted by molar-refractivity contribution is 0.227. The van der Waals surface area contributed by atoms with Crippen LogP contribution < -0.4 is 0 Å². The van der Waals surface area contributed by atoms with Crippen LogP contribution in [0.5, 0.6) is 0 Å². The number of nitrogens with zero attached hydrogens (tertiary/aromatic N) is 3. The lowest BCUT2D eigenvalue weighted by Gasteiger charge is -2.21. The predicted molar refractivity (Wildman–Crippen MR) is 53.0 cm³/mol. The van der Waals surface area contributed by atoms with Gasteiger partial charge in [0.25, 0.3) is 8.53 Å². The molecule has 78 valence electrons. The molecule has 0 heterocycles. The summed E-state index contributed by atoms with van der Waals surface area (Å²) in [6.45, 7) is 0.736. The Balaban J connectivity index is 3.68. The highest BCUT2D eigenvalue weighted by molar-refractivity contribution is 7.44. The van der Waals surface area contributed by atoms with Crippen LogP contribution in [0.2, 0.25) is 0 Å². The molecule has 0 aromatic rings. The van der Waals surface area contributed by atoms with Gasteiger partial charge in [0.05, 0.1) is 38.2 Å². The normalized spacial score (nSPS) is 10.1. The van der Waals surface area contributed by atoms with E-state index >= 15 is 0 Å². The van der Waals surface area contributed by atoms with Crippen LogP contribution in [0.1, 0.15) is 12.8 Å². The van der Waals surface area contributed by atoms with E-state index in [0.717, 1.165) is 0 Å². The Hall–Kier alpha value is -0.710. The molecule has 0 atom stereocenters. The van der Waals surface area contributed by atoms with Crippen molar-refractivity contribution in [3.8, 4) is 12.1 Å². The molecule has 0 saturated carbocycles. The van der Waals surface area contributed by atoms with Crippen LogP contribution in [-0.4, -0.2) is 32.0 Å². The quantitative estimate of drug-likeness (QED) is 0.477. The molecule has 0 saturated heterocycles. The second-order valence-corrected chi connectivity index (χ2v) is 4.36. The first kappa shape index (κ1) is 13.3. The number of rotatable bonds is 7. The molecule has 0 unspecified atom stereocenters. The first-order valence-corrected chi connectivity index (χ1v) is 5.32. The molecule has 14 heavy (non-hydrogen) atoms. The van der Waals surface area contributed by atoms with Crippen LogP contribution in [0, 0.1) is 22.7 Å². The first-order chi connectivity index (χ1) is 6.72. The van der Waals surface area contributed by atoms with Crippen molar-refractivity contribution in [2.75, 3.05) is 27.3 Å². The highest BCUT2D eigenvalue weighted by Gasteiger charge is 2.13. The van der Waals surface area contributed by atoms with Gasteiger partial charge in [-0.25, -0.2) is 4.67 Å². The number of hydrogen-bond acceptors (Lipinski definition) is 5. The van der Waals surface area contributed by atoms with Crippen LogP contribution in [-0.2, 0) is 9.05 Å². The smallest absolute Gasteiger partial charge is 0.258 e. The van der Waals surface area contributed by atoms with Crippen LogP contribution in [0.3, 0.4) is 0 Å². The van der Waals surface area contributed by atoms with Crippen LogP contribution in [0.4, 0.5) is 0 Å². The fraction of sp³-hybridized carbons (Fsp3) is 0.750. The van der Waals surface area contributed by atoms with Gasteiger partial charge in [0.15, 0.2) is 0 Å². The van der Waals surface area contributed by atoms with Crippen molar-refractivity contribution >= 4 is 8.53 Å². The standard InChI is InChI=1S/C8H14N3O2P/c1-11(2)14(12-7-3-5-9)13-8-4-6-10/h3-4,7-8H2,1-2H3. The molecule has 0 N–H and O–H groups in total. The Morgan fingerprint density at radius 2 is 1.50 bits per heavy atom. The summed E-state index contributed by atoms with van der Waals surface area (Å²) in [6.07, 6.45) is 0.711. The molecule has 5 nitrogen and oxygen atoms in total. The fourth-order valence-corrected chi connectivity index (χ4v) is 1.64. The summed E-state index contributed by atoms with van der Waals surface area (Å²) in [5, 5.41) is 16.6. The molecule has 0 aromatic carbocycles. The van der Waals surface area contributed by atoms with Crippen molar-refractivity contribution in [1.29, 1.82) is 10.5 Å². The molecule has 0 spiro atoms. The SMILES string of the molecule is CN(C)P(OCCC#N)OCCC#N. The van der Waals surface area contributed by atoms with Crippen molar-refractivity contribution in [3.63, 3.8) is 0 Å². The molecular formula is C8H14N3O2P. The van der Waals surface area contributed by atoms with Gasteiger partial charge in [0.2, 0.25) is 0 Å². The topological polar surface area (TPSA) is 69.3 Å². The van der Waals surface area contributed by atoms with Gasteiger partial charge in [-0.1, -0.05) is 0 Å². The predicted octanol–water partition coefficient (Wildman–Crippen LogP) is 1.64. The summed E-state index contributed by atoms with van der Waals surface area (Å²) in [5.74, 6) is 0. The van der Waals surface area contributed by atoms with E-state index in [2.05, 4.69) is 0 Å². The zero-order chi connectivity index (χ0) is 10.8. The summed E-state index contributed by atoms with van der Waals surface area (Å²) < 4.78 is 12.5. The van der Waals surface area contributed by atoms with Crippen LogP contribution in [0.15, 0.2) is 0 Å². The Bertz CT molecular complexity index is 202. The van der Waals surface area contributed by atoms with Crippen molar-refractivity contribution in [2.24, 2.45) is 0 Å². The average molecular weight is 215 g/mol. The third kappa shape index (κ3) is 6.77. The van der Waals surface area contributed by atoms with E-state index in [1.54, 1.807) is 0 Å². The maximum absolute atomic E-state index is 8.31. The third-order valence-electron chi connectivity index (χ3n) is 1.16. The molecule has 0 fully saturated rings. The highest BCUT2D eigenvalue weighted by Crippen LogP contribution is 2.40. The minimum atomic E-state index is -1.11. The maximum Gasteiger partial charge on any atom is 0.258 e. The van der Waals surface area contributed by atoms with Gasteiger partial charge in [-0.3, -0.25) is 0 Å². The van der Waals surface area contributed by atoms with Crippen molar-refractivity contribution in [3.05, 3.63) is 0 Å².